The normalized spacial score (nSPS) is 19.3. The lowest BCUT2D eigenvalue weighted by atomic mass is 10.2. The Kier molecular flexibility index (Phi) is 5.85. The minimum absolute atomic E-state index is 0.0917. The third kappa shape index (κ3) is 4.87. The van der Waals surface area contributed by atoms with Gasteiger partial charge in [-0.25, -0.2) is 0 Å². The molecule has 1 heterocycles. The molecule has 5 heteroatoms. The maximum Gasteiger partial charge on any atom is 0.243 e. The standard InChI is InChI=1S/C13H23N3O2/c1-4-11(2)14-12(17)6-5-7-16-9-8-15(3)10-13(16)18/h5-6,11H,4,7-10H2,1-3H3,(H,14,17)/b6-5+. The van der Waals surface area contributed by atoms with Gasteiger partial charge in [0.1, 0.15) is 0 Å². The maximum atomic E-state index is 11.7. The number of nitrogens with one attached hydrogen (secondary N) is 1. The molecule has 102 valence electrons. The van der Waals surface area contributed by atoms with E-state index >= 15 is 0 Å². The van der Waals surface area contributed by atoms with E-state index in [0.717, 1.165) is 19.5 Å². The maximum absolute atomic E-state index is 11.7. The fraction of sp³-hybridized carbons (Fsp3) is 0.692. The Labute approximate surface area is 109 Å². The van der Waals surface area contributed by atoms with E-state index in [2.05, 4.69) is 5.32 Å². The highest BCUT2D eigenvalue weighted by molar-refractivity contribution is 5.87. The van der Waals surface area contributed by atoms with Crippen LogP contribution < -0.4 is 5.32 Å². The molecular formula is C13H23N3O2. The summed E-state index contributed by atoms with van der Waals surface area (Å²) in [6.07, 6.45) is 4.18. The van der Waals surface area contributed by atoms with Gasteiger partial charge in [-0.2, -0.15) is 0 Å². The molecule has 0 aromatic rings. The summed E-state index contributed by atoms with van der Waals surface area (Å²) in [5, 5.41) is 2.85. The van der Waals surface area contributed by atoms with Gasteiger partial charge in [-0.15, -0.1) is 0 Å². The average Bonchev–Trinajstić information content (AvgIpc) is 2.31. The molecule has 0 aliphatic carbocycles. The highest BCUT2D eigenvalue weighted by atomic mass is 16.2. The smallest absolute Gasteiger partial charge is 0.243 e. The Morgan fingerprint density at radius 2 is 2.22 bits per heavy atom. The van der Waals surface area contributed by atoms with Crippen LogP contribution in [0.1, 0.15) is 20.3 Å². The van der Waals surface area contributed by atoms with Crippen molar-refractivity contribution in [2.45, 2.75) is 26.3 Å². The van der Waals surface area contributed by atoms with Crippen molar-refractivity contribution < 1.29 is 9.59 Å². The van der Waals surface area contributed by atoms with Gasteiger partial charge in [-0.05, 0) is 20.4 Å². The molecule has 0 aromatic carbocycles. The van der Waals surface area contributed by atoms with E-state index < -0.39 is 0 Å². The molecule has 1 saturated heterocycles. The zero-order chi connectivity index (χ0) is 13.5. The van der Waals surface area contributed by atoms with Gasteiger partial charge >= 0.3 is 0 Å². The van der Waals surface area contributed by atoms with Crippen molar-refractivity contribution >= 4 is 11.8 Å². The first-order valence-electron chi connectivity index (χ1n) is 6.46. The van der Waals surface area contributed by atoms with Crippen molar-refractivity contribution in [3.05, 3.63) is 12.2 Å². The van der Waals surface area contributed by atoms with Crippen LogP contribution in [0.3, 0.4) is 0 Å². The van der Waals surface area contributed by atoms with E-state index in [-0.39, 0.29) is 17.9 Å². The van der Waals surface area contributed by atoms with Gasteiger partial charge in [-0.1, -0.05) is 13.0 Å². The molecule has 1 atom stereocenters. The molecule has 1 N–H and O–H groups in total. The number of hydrogen-bond acceptors (Lipinski definition) is 3. The summed E-state index contributed by atoms with van der Waals surface area (Å²) in [6, 6.07) is 0.187. The van der Waals surface area contributed by atoms with Crippen molar-refractivity contribution in [3.8, 4) is 0 Å². The quantitative estimate of drug-likeness (QED) is 0.714. The SMILES string of the molecule is CCC(C)NC(=O)/C=C/CN1CCN(C)CC1=O. The highest BCUT2D eigenvalue weighted by Crippen LogP contribution is 2.00. The van der Waals surface area contributed by atoms with E-state index in [1.165, 1.54) is 6.08 Å². The lowest BCUT2D eigenvalue weighted by Gasteiger charge is -2.31. The molecule has 0 bridgehead atoms. The fourth-order valence-electron chi connectivity index (χ4n) is 1.70. The summed E-state index contributed by atoms with van der Waals surface area (Å²) < 4.78 is 0. The van der Waals surface area contributed by atoms with Crippen molar-refractivity contribution in [3.63, 3.8) is 0 Å². The van der Waals surface area contributed by atoms with Crippen molar-refractivity contribution in [1.29, 1.82) is 0 Å². The van der Waals surface area contributed by atoms with Gasteiger partial charge < -0.3 is 10.2 Å². The first kappa shape index (κ1) is 14.7. The first-order valence-corrected chi connectivity index (χ1v) is 6.46. The zero-order valence-corrected chi connectivity index (χ0v) is 11.5. The number of carbonyl (C=O) groups is 2. The zero-order valence-electron chi connectivity index (χ0n) is 11.5. The largest absolute Gasteiger partial charge is 0.350 e. The number of carbonyl (C=O) groups excluding carboxylic acids is 2. The minimum atomic E-state index is -0.0917. The molecule has 1 unspecified atom stereocenters. The lowest BCUT2D eigenvalue weighted by Crippen LogP contribution is -2.48. The Balaban J connectivity index is 2.31. The monoisotopic (exact) mass is 253 g/mol. The van der Waals surface area contributed by atoms with Crippen LogP contribution in [0.25, 0.3) is 0 Å². The molecular weight excluding hydrogens is 230 g/mol. The van der Waals surface area contributed by atoms with Crippen LogP contribution in [0.4, 0.5) is 0 Å². The summed E-state index contributed by atoms with van der Waals surface area (Å²) in [4.78, 5) is 26.9. The van der Waals surface area contributed by atoms with E-state index in [1.807, 2.05) is 25.8 Å². The van der Waals surface area contributed by atoms with Crippen LogP contribution in [-0.2, 0) is 9.59 Å². The van der Waals surface area contributed by atoms with E-state index in [9.17, 15) is 9.59 Å². The van der Waals surface area contributed by atoms with E-state index in [1.54, 1.807) is 11.0 Å². The highest BCUT2D eigenvalue weighted by Gasteiger charge is 2.19. The summed E-state index contributed by atoms with van der Waals surface area (Å²) in [5.74, 6) is 0.0293. The summed E-state index contributed by atoms with van der Waals surface area (Å²) >= 11 is 0. The summed E-state index contributed by atoms with van der Waals surface area (Å²) in [7, 11) is 1.94. The molecule has 0 spiro atoms. The Hall–Kier alpha value is -1.36. The van der Waals surface area contributed by atoms with Gasteiger partial charge in [-0.3, -0.25) is 14.5 Å². The topological polar surface area (TPSA) is 52.7 Å². The summed E-state index contributed by atoms with van der Waals surface area (Å²) in [5.41, 5.74) is 0. The molecule has 1 fully saturated rings. The molecule has 0 radical (unpaired) electrons. The van der Waals surface area contributed by atoms with Crippen LogP contribution in [0, 0.1) is 0 Å². The second kappa shape index (κ2) is 7.16. The van der Waals surface area contributed by atoms with Gasteiger partial charge in [0, 0.05) is 31.8 Å². The number of likely N-dealkylation sites (N-methyl/N-ethyl adjacent to an activating group) is 1. The van der Waals surface area contributed by atoms with Crippen LogP contribution in [0.2, 0.25) is 0 Å². The first-order chi connectivity index (χ1) is 8.52. The van der Waals surface area contributed by atoms with E-state index in [0.29, 0.717) is 13.1 Å². The molecule has 1 rings (SSSR count). The number of rotatable bonds is 5. The molecule has 0 saturated carbocycles. The van der Waals surface area contributed by atoms with Crippen molar-refractivity contribution in [2.24, 2.45) is 0 Å². The number of nitrogens with zero attached hydrogens (tertiary/aromatic N) is 2. The van der Waals surface area contributed by atoms with Crippen LogP contribution in [0.15, 0.2) is 12.2 Å². The molecule has 0 aromatic heterocycles. The fourth-order valence-corrected chi connectivity index (χ4v) is 1.70. The Morgan fingerprint density at radius 1 is 1.50 bits per heavy atom. The third-order valence-corrected chi connectivity index (χ3v) is 3.11. The summed E-state index contributed by atoms with van der Waals surface area (Å²) in [6.45, 7) is 6.59. The lowest BCUT2D eigenvalue weighted by molar-refractivity contribution is -0.134. The molecule has 1 aliphatic heterocycles. The average molecular weight is 253 g/mol. The second-order valence-electron chi connectivity index (χ2n) is 4.80. The number of piperazine rings is 1. The predicted octanol–water partition coefficient (Wildman–Crippen LogP) is 0.231. The van der Waals surface area contributed by atoms with Crippen molar-refractivity contribution in [1.82, 2.24) is 15.1 Å². The minimum Gasteiger partial charge on any atom is -0.350 e. The van der Waals surface area contributed by atoms with Crippen molar-refractivity contribution in [2.75, 3.05) is 33.2 Å². The molecule has 1 aliphatic rings. The third-order valence-electron chi connectivity index (χ3n) is 3.11. The second-order valence-corrected chi connectivity index (χ2v) is 4.80. The number of amides is 2. The predicted molar refractivity (Wildman–Crippen MR) is 71.1 cm³/mol. The van der Waals surface area contributed by atoms with Crippen LogP contribution in [0.5, 0.6) is 0 Å². The van der Waals surface area contributed by atoms with Gasteiger partial charge in [0.05, 0.1) is 6.54 Å². The molecule has 18 heavy (non-hydrogen) atoms. The van der Waals surface area contributed by atoms with Gasteiger partial charge in [0.2, 0.25) is 11.8 Å². The Bertz CT molecular complexity index is 328. The van der Waals surface area contributed by atoms with E-state index in [4.69, 9.17) is 0 Å². The number of hydrogen-bond donors (Lipinski definition) is 1. The van der Waals surface area contributed by atoms with Gasteiger partial charge in [0.15, 0.2) is 0 Å². The van der Waals surface area contributed by atoms with Gasteiger partial charge in [0.25, 0.3) is 0 Å². The molecule has 2 amide bonds. The Morgan fingerprint density at radius 3 is 2.83 bits per heavy atom. The van der Waals surface area contributed by atoms with Crippen LogP contribution >= 0.6 is 0 Å². The molecule has 5 nitrogen and oxygen atoms in total. The van der Waals surface area contributed by atoms with Crippen LogP contribution in [-0.4, -0.2) is 60.9 Å².